The maximum atomic E-state index is 13.1. The van der Waals surface area contributed by atoms with Crippen LogP contribution in [0.4, 0.5) is 4.39 Å². The minimum Gasteiger partial charge on any atom is -0.484 e. The molecule has 1 heterocycles. The molecule has 24 heavy (non-hydrogen) atoms. The predicted octanol–water partition coefficient (Wildman–Crippen LogP) is 4.13. The SMILES string of the molecule is CN(Cc1nc2ccccc2s1)C(=O)COc1ccc(F)c(Cl)c1. The normalized spacial score (nSPS) is 10.8. The average Bonchev–Trinajstić information content (AvgIpc) is 2.97. The van der Waals surface area contributed by atoms with Crippen LogP contribution in [-0.4, -0.2) is 29.4 Å². The van der Waals surface area contributed by atoms with E-state index in [-0.39, 0.29) is 17.5 Å². The molecular formula is C17H14ClFN2O2S. The first-order valence-corrected chi connectivity index (χ1v) is 8.38. The maximum absolute atomic E-state index is 13.1. The van der Waals surface area contributed by atoms with Crippen molar-refractivity contribution in [2.24, 2.45) is 0 Å². The van der Waals surface area contributed by atoms with Crippen LogP contribution in [0.1, 0.15) is 5.01 Å². The van der Waals surface area contributed by atoms with Crippen LogP contribution in [0, 0.1) is 5.82 Å². The van der Waals surface area contributed by atoms with E-state index in [4.69, 9.17) is 16.3 Å². The summed E-state index contributed by atoms with van der Waals surface area (Å²) in [7, 11) is 1.69. The molecule has 3 aromatic rings. The number of ether oxygens (including phenoxy) is 1. The van der Waals surface area contributed by atoms with Crippen molar-refractivity contribution in [1.82, 2.24) is 9.88 Å². The van der Waals surface area contributed by atoms with E-state index in [0.717, 1.165) is 15.2 Å². The molecular weight excluding hydrogens is 351 g/mol. The minimum atomic E-state index is -0.525. The van der Waals surface area contributed by atoms with Gasteiger partial charge < -0.3 is 9.64 Å². The molecule has 0 fully saturated rings. The zero-order valence-electron chi connectivity index (χ0n) is 12.8. The monoisotopic (exact) mass is 364 g/mol. The molecule has 0 unspecified atom stereocenters. The first-order valence-electron chi connectivity index (χ1n) is 7.19. The Morgan fingerprint density at radius 2 is 2.12 bits per heavy atom. The fourth-order valence-corrected chi connectivity index (χ4v) is 3.29. The summed E-state index contributed by atoms with van der Waals surface area (Å²) in [5, 5.41) is 0.819. The lowest BCUT2D eigenvalue weighted by Gasteiger charge is -2.16. The van der Waals surface area contributed by atoms with Crippen molar-refractivity contribution in [3.8, 4) is 5.75 Å². The molecule has 0 aliphatic rings. The van der Waals surface area contributed by atoms with Gasteiger partial charge in [-0.1, -0.05) is 23.7 Å². The summed E-state index contributed by atoms with van der Waals surface area (Å²) in [6.07, 6.45) is 0. The molecule has 2 aromatic carbocycles. The molecule has 0 N–H and O–H groups in total. The molecule has 0 saturated carbocycles. The molecule has 0 aliphatic carbocycles. The number of thiazole rings is 1. The highest BCUT2D eigenvalue weighted by Gasteiger charge is 2.13. The van der Waals surface area contributed by atoms with Crippen molar-refractivity contribution < 1.29 is 13.9 Å². The van der Waals surface area contributed by atoms with Crippen LogP contribution in [0.2, 0.25) is 5.02 Å². The standard InChI is InChI=1S/C17H14ClFN2O2S/c1-21(9-16-20-14-4-2-3-5-15(14)24-16)17(22)10-23-11-6-7-13(19)12(18)8-11/h2-8H,9-10H2,1H3. The number of hydrogen-bond acceptors (Lipinski definition) is 4. The van der Waals surface area contributed by atoms with Crippen LogP contribution in [0.25, 0.3) is 10.2 Å². The number of carbonyl (C=O) groups excluding carboxylic acids is 1. The number of para-hydroxylation sites is 1. The quantitative estimate of drug-likeness (QED) is 0.683. The van der Waals surface area contributed by atoms with E-state index in [1.54, 1.807) is 23.3 Å². The minimum absolute atomic E-state index is 0.0391. The molecule has 0 spiro atoms. The third kappa shape index (κ3) is 3.83. The second kappa shape index (κ2) is 7.15. The van der Waals surface area contributed by atoms with Crippen LogP contribution in [0.15, 0.2) is 42.5 Å². The molecule has 0 saturated heterocycles. The Morgan fingerprint density at radius 3 is 2.88 bits per heavy atom. The summed E-state index contributed by atoms with van der Waals surface area (Å²) in [5.74, 6) is -0.374. The Morgan fingerprint density at radius 1 is 1.33 bits per heavy atom. The van der Waals surface area contributed by atoms with Gasteiger partial charge in [0.15, 0.2) is 6.61 Å². The van der Waals surface area contributed by atoms with E-state index in [0.29, 0.717) is 12.3 Å². The van der Waals surface area contributed by atoms with E-state index in [9.17, 15) is 9.18 Å². The fourth-order valence-electron chi connectivity index (χ4n) is 2.10. The summed E-state index contributed by atoms with van der Waals surface area (Å²) < 4.78 is 19.5. The van der Waals surface area contributed by atoms with E-state index in [2.05, 4.69) is 4.98 Å². The van der Waals surface area contributed by atoms with E-state index < -0.39 is 5.82 Å². The third-order valence-corrected chi connectivity index (χ3v) is 4.70. The molecule has 1 aromatic heterocycles. The van der Waals surface area contributed by atoms with Gasteiger partial charge in [0.2, 0.25) is 0 Å². The smallest absolute Gasteiger partial charge is 0.260 e. The second-order valence-corrected chi connectivity index (χ2v) is 6.71. The summed E-state index contributed by atoms with van der Waals surface area (Å²) in [5.41, 5.74) is 0.926. The van der Waals surface area contributed by atoms with E-state index in [1.807, 2.05) is 24.3 Å². The molecule has 7 heteroatoms. The average molecular weight is 365 g/mol. The number of likely N-dealkylation sites (N-methyl/N-ethyl adjacent to an activating group) is 1. The van der Waals surface area contributed by atoms with Crippen LogP contribution < -0.4 is 4.74 Å². The van der Waals surface area contributed by atoms with Gasteiger partial charge in [-0.05, 0) is 24.3 Å². The lowest BCUT2D eigenvalue weighted by molar-refractivity contribution is -0.132. The number of aromatic nitrogens is 1. The first kappa shape index (κ1) is 16.7. The largest absolute Gasteiger partial charge is 0.484 e. The molecule has 0 radical (unpaired) electrons. The number of amides is 1. The van der Waals surface area contributed by atoms with Crippen LogP contribution >= 0.6 is 22.9 Å². The highest BCUT2D eigenvalue weighted by atomic mass is 35.5. The van der Waals surface area contributed by atoms with Crippen molar-refractivity contribution in [1.29, 1.82) is 0 Å². The summed E-state index contributed by atoms with van der Waals surface area (Å²) >= 11 is 7.24. The summed E-state index contributed by atoms with van der Waals surface area (Å²) in [4.78, 5) is 18.2. The highest BCUT2D eigenvalue weighted by Crippen LogP contribution is 2.23. The van der Waals surface area contributed by atoms with Crippen molar-refractivity contribution in [2.75, 3.05) is 13.7 Å². The van der Waals surface area contributed by atoms with Crippen molar-refractivity contribution in [3.63, 3.8) is 0 Å². The van der Waals surface area contributed by atoms with Crippen molar-refractivity contribution >= 4 is 39.1 Å². The number of fused-ring (bicyclic) bond motifs is 1. The van der Waals surface area contributed by atoms with Gasteiger partial charge in [0.25, 0.3) is 5.91 Å². The zero-order valence-corrected chi connectivity index (χ0v) is 14.4. The number of hydrogen-bond donors (Lipinski definition) is 0. The maximum Gasteiger partial charge on any atom is 0.260 e. The number of nitrogens with zero attached hydrogens (tertiary/aromatic N) is 2. The zero-order chi connectivity index (χ0) is 17.1. The van der Waals surface area contributed by atoms with Gasteiger partial charge in [-0.25, -0.2) is 9.37 Å². The molecule has 1 amide bonds. The molecule has 0 atom stereocenters. The molecule has 4 nitrogen and oxygen atoms in total. The highest BCUT2D eigenvalue weighted by molar-refractivity contribution is 7.18. The van der Waals surface area contributed by atoms with Crippen LogP contribution in [-0.2, 0) is 11.3 Å². The second-order valence-electron chi connectivity index (χ2n) is 5.19. The topological polar surface area (TPSA) is 42.4 Å². The van der Waals surface area contributed by atoms with Gasteiger partial charge in [-0.3, -0.25) is 4.79 Å². The first-order chi connectivity index (χ1) is 11.5. The van der Waals surface area contributed by atoms with Crippen LogP contribution in [0.5, 0.6) is 5.75 Å². The van der Waals surface area contributed by atoms with Gasteiger partial charge in [-0.15, -0.1) is 11.3 Å². The van der Waals surface area contributed by atoms with Crippen molar-refractivity contribution in [2.45, 2.75) is 6.54 Å². The predicted molar refractivity (Wildman–Crippen MR) is 93.0 cm³/mol. The van der Waals surface area contributed by atoms with Gasteiger partial charge in [0.05, 0.1) is 21.8 Å². The summed E-state index contributed by atoms with van der Waals surface area (Å²) in [6, 6.07) is 11.8. The number of halogens is 2. The number of carbonyl (C=O) groups is 1. The van der Waals surface area contributed by atoms with Gasteiger partial charge in [0, 0.05) is 13.1 Å². The molecule has 3 rings (SSSR count). The Kier molecular flexibility index (Phi) is 4.97. The van der Waals surface area contributed by atoms with Crippen molar-refractivity contribution in [3.05, 3.63) is 58.3 Å². The lowest BCUT2D eigenvalue weighted by Crippen LogP contribution is -2.30. The Bertz CT molecular complexity index is 851. The van der Waals surface area contributed by atoms with E-state index in [1.165, 1.54) is 18.2 Å². The van der Waals surface area contributed by atoms with Gasteiger partial charge >= 0.3 is 0 Å². The number of rotatable bonds is 5. The lowest BCUT2D eigenvalue weighted by atomic mass is 10.3. The Labute approximate surface area is 147 Å². The van der Waals surface area contributed by atoms with Gasteiger partial charge in [-0.2, -0.15) is 0 Å². The summed E-state index contributed by atoms with van der Waals surface area (Å²) in [6.45, 7) is 0.259. The van der Waals surface area contributed by atoms with Gasteiger partial charge in [0.1, 0.15) is 16.6 Å². The Hall–Kier alpha value is -2.18. The van der Waals surface area contributed by atoms with E-state index >= 15 is 0 Å². The molecule has 124 valence electrons. The third-order valence-electron chi connectivity index (χ3n) is 3.39. The fraction of sp³-hybridized carbons (Fsp3) is 0.176. The Balaban J connectivity index is 1.58. The molecule has 0 bridgehead atoms. The van der Waals surface area contributed by atoms with Crippen LogP contribution in [0.3, 0.4) is 0 Å². The number of benzene rings is 2. The molecule has 0 aliphatic heterocycles.